The average Bonchev–Trinajstić information content (AvgIpc) is 2.30. The van der Waals surface area contributed by atoms with Crippen molar-refractivity contribution in [2.75, 3.05) is 20.3 Å². The number of hydrogen-bond acceptors (Lipinski definition) is 3. The second-order valence-corrected chi connectivity index (χ2v) is 3.96. The number of aliphatic hydroxyl groups is 1. The maximum Gasteiger partial charge on any atom is 0.123 e. The predicted molar refractivity (Wildman–Crippen MR) is 66.1 cm³/mol. The fraction of sp³-hybridized carbons (Fsp3) is 0.500. The highest BCUT2D eigenvalue weighted by Gasteiger charge is 2.13. The van der Waals surface area contributed by atoms with E-state index in [1.165, 1.54) is 0 Å². The van der Waals surface area contributed by atoms with Crippen LogP contribution < -0.4 is 10.1 Å². The summed E-state index contributed by atoms with van der Waals surface area (Å²) < 4.78 is 5.30. The monoisotopic (exact) mass is 243 g/mol. The van der Waals surface area contributed by atoms with Crippen molar-refractivity contribution in [1.82, 2.24) is 5.32 Å². The van der Waals surface area contributed by atoms with Gasteiger partial charge in [0.15, 0.2) is 0 Å². The summed E-state index contributed by atoms with van der Waals surface area (Å²) in [5, 5.41) is 12.8. The van der Waals surface area contributed by atoms with Gasteiger partial charge in [0, 0.05) is 23.2 Å². The lowest BCUT2D eigenvalue weighted by atomic mass is 10.0. The summed E-state index contributed by atoms with van der Waals surface area (Å²) in [5.74, 6) is 0.821. The summed E-state index contributed by atoms with van der Waals surface area (Å²) in [6.45, 7) is 2.77. The van der Waals surface area contributed by atoms with Gasteiger partial charge in [-0.25, -0.2) is 0 Å². The minimum Gasteiger partial charge on any atom is -0.496 e. The number of halogens is 1. The van der Waals surface area contributed by atoms with Crippen LogP contribution >= 0.6 is 11.6 Å². The molecule has 1 aromatic rings. The number of aliphatic hydroxyl groups excluding tert-OH is 1. The molecule has 0 aliphatic rings. The van der Waals surface area contributed by atoms with E-state index in [-0.39, 0.29) is 12.6 Å². The Morgan fingerprint density at radius 3 is 2.81 bits per heavy atom. The zero-order valence-electron chi connectivity index (χ0n) is 9.66. The van der Waals surface area contributed by atoms with Crippen LogP contribution in [-0.4, -0.2) is 25.4 Å². The van der Waals surface area contributed by atoms with Gasteiger partial charge in [-0.3, -0.25) is 0 Å². The predicted octanol–water partition coefficient (Wildman–Crippen LogP) is 2.38. The van der Waals surface area contributed by atoms with E-state index in [1.807, 2.05) is 18.2 Å². The molecule has 16 heavy (non-hydrogen) atoms. The second kappa shape index (κ2) is 6.74. The molecule has 0 saturated carbocycles. The molecule has 0 bridgehead atoms. The molecule has 0 aromatic heterocycles. The third-order valence-corrected chi connectivity index (χ3v) is 2.71. The maximum atomic E-state index is 8.82. The summed E-state index contributed by atoms with van der Waals surface area (Å²) in [4.78, 5) is 0. The highest BCUT2D eigenvalue weighted by atomic mass is 35.5. The summed E-state index contributed by atoms with van der Waals surface area (Å²) in [6.07, 6.45) is 0.913. The van der Waals surface area contributed by atoms with E-state index in [2.05, 4.69) is 12.2 Å². The average molecular weight is 244 g/mol. The van der Waals surface area contributed by atoms with Crippen molar-refractivity contribution in [2.45, 2.75) is 19.4 Å². The first kappa shape index (κ1) is 13.3. The van der Waals surface area contributed by atoms with Crippen molar-refractivity contribution in [3.05, 3.63) is 28.8 Å². The molecule has 0 aliphatic heterocycles. The fourth-order valence-electron chi connectivity index (χ4n) is 1.69. The van der Waals surface area contributed by atoms with E-state index in [0.29, 0.717) is 11.6 Å². The highest BCUT2D eigenvalue weighted by Crippen LogP contribution is 2.29. The van der Waals surface area contributed by atoms with Crippen LogP contribution in [0.5, 0.6) is 5.75 Å². The molecule has 1 rings (SSSR count). The van der Waals surface area contributed by atoms with Gasteiger partial charge >= 0.3 is 0 Å². The van der Waals surface area contributed by atoms with Crippen LogP contribution in [0.4, 0.5) is 0 Å². The van der Waals surface area contributed by atoms with E-state index in [1.54, 1.807) is 7.11 Å². The Morgan fingerprint density at radius 1 is 1.50 bits per heavy atom. The smallest absolute Gasteiger partial charge is 0.123 e. The highest BCUT2D eigenvalue weighted by molar-refractivity contribution is 6.30. The minimum absolute atomic E-state index is 0.124. The first-order valence-electron chi connectivity index (χ1n) is 5.40. The van der Waals surface area contributed by atoms with Crippen LogP contribution in [0.1, 0.15) is 24.9 Å². The molecule has 0 spiro atoms. The maximum absolute atomic E-state index is 8.82. The summed E-state index contributed by atoms with van der Waals surface area (Å²) in [7, 11) is 1.64. The van der Waals surface area contributed by atoms with E-state index in [0.717, 1.165) is 17.7 Å². The topological polar surface area (TPSA) is 41.5 Å². The molecule has 2 N–H and O–H groups in total. The largest absolute Gasteiger partial charge is 0.496 e. The summed E-state index contributed by atoms with van der Waals surface area (Å²) >= 11 is 5.98. The molecule has 0 amide bonds. The van der Waals surface area contributed by atoms with Gasteiger partial charge < -0.3 is 15.2 Å². The van der Waals surface area contributed by atoms with Gasteiger partial charge in [-0.1, -0.05) is 18.5 Å². The molecule has 1 unspecified atom stereocenters. The van der Waals surface area contributed by atoms with E-state index in [9.17, 15) is 0 Å². The molecular weight excluding hydrogens is 226 g/mol. The van der Waals surface area contributed by atoms with Crippen LogP contribution in [0, 0.1) is 0 Å². The van der Waals surface area contributed by atoms with Gasteiger partial charge in [-0.2, -0.15) is 0 Å². The summed E-state index contributed by atoms with van der Waals surface area (Å²) in [5.41, 5.74) is 1.03. The Morgan fingerprint density at radius 2 is 2.25 bits per heavy atom. The number of benzene rings is 1. The van der Waals surface area contributed by atoms with Crippen molar-refractivity contribution >= 4 is 11.6 Å². The third kappa shape index (κ3) is 3.37. The van der Waals surface area contributed by atoms with Gasteiger partial charge in [-0.05, 0) is 24.6 Å². The van der Waals surface area contributed by atoms with Crippen molar-refractivity contribution in [2.24, 2.45) is 0 Å². The normalized spacial score (nSPS) is 12.5. The molecule has 1 atom stereocenters. The van der Waals surface area contributed by atoms with Gasteiger partial charge in [0.05, 0.1) is 13.7 Å². The molecule has 4 heteroatoms. The van der Waals surface area contributed by atoms with Gasteiger partial charge in [0.2, 0.25) is 0 Å². The molecule has 0 saturated heterocycles. The third-order valence-electron chi connectivity index (χ3n) is 2.48. The Labute approximate surface area is 101 Å². The Balaban J connectivity index is 2.92. The van der Waals surface area contributed by atoms with Gasteiger partial charge in [0.25, 0.3) is 0 Å². The van der Waals surface area contributed by atoms with Crippen LogP contribution in [0.15, 0.2) is 18.2 Å². The Kier molecular flexibility index (Phi) is 5.60. The molecule has 0 heterocycles. The quantitative estimate of drug-likeness (QED) is 0.806. The molecular formula is C12H18ClNO2. The zero-order chi connectivity index (χ0) is 12.0. The molecule has 3 nitrogen and oxygen atoms in total. The Hall–Kier alpha value is -0.770. The van der Waals surface area contributed by atoms with Crippen LogP contribution in [0.25, 0.3) is 0 Å². The standard InChI is InChI=1S/C12H18ClNO2/c1-3-11(14-6-7-15)10-8-9(13)4-5-12(10)16-2/h4-5,8,11,14-15H,3,6-7H2,1-2H3. The lowest BCUT2D eigenvalue weighted by molar-refractivity contribution is 0.282. The number of nitrogens with one attached hydrogen (secondary N) is 1. The zero-order valence-corrected chi connectivity index (χ0v) is 10.4. The van der Waals surface area contributed by atoms with E-state index < -0.39 is 0 Å². The van der Waals surface area contributed by atoms with E-state index >= 15 is 0 Å². The second-order valence-electron chi connectivity index (χ2n) is 3.52. The first-order valence-corrected chi connectivity index (χ1v) is 5.78. The molecule has 0 radical (unpaired) electrons. The lowest BCUT2D eigenvalue weighted by Gasteiger charge is -2.19. The molecule has 0 fully saturated rings. The fourth-order valence-corrected chi connectivity index (χ4v) is 1.87. The van der Waals surface area contributed by atoms with Gasteiger partial charge in [-0.15, -0.1) is 0 Å². The van der Waals surface area contributed by atoms with Crippen LogP contribution in [0.2, 0.25) is 5.02 Å². The lowest BCUT2D eigenvalue weighted by Crippen LogP contribution is -2.24. The van der Waals surface area contributed by atoms with E-state index in [4.69, 9.17) is 21.4 Å². The van der Waals surface area contributed by atoms with Crippen LogP contribution in [0.3, 0.4) is 0 Å². The molecule has 90 valence electrons. The number of methoxy groups -OCH3 is 1. The SMILES string of the molecule is CCC(NCCO)c1cc(Cl)ccc1OC. The van der Waals surface area contributed by atoms with Crippen LogP contribution in [-0.2, 0) is 0 Å². The van der Waals surface area contributed by atoms with Crippen molar-refractivity contribution < 1.29 is 9.84 Å². The molecule has 1 aromatic carbocycles. The minimum atomic E-state index is 0.124. The molecule has 0 aliphatic carbocycles. The summed E-state index contributed by atoms with van der Waals surface area (Å²) in [6, 6.07) is 5.73. The number of rotatable bonds is 6. The van der Waals surface area contributed by atoms with Crippen molar-refractivity contribution in [1.29, 1.82) is 0 Å². The van der Waals surface area contributed by atoms with Gasteiger partial charge in [0.1, 0.15) is 5.75 Å². The van der Waals surface area contributed by atoms with Crippen molar-refractivity contribution in [3.63, 3.8) is 0 Å². The Bertz CT molecular complexity index is 331. The van der Waals surface area contributed by atoms with Crippen molar-refractivity contribution in [3.8, 4) is 5.75 Å². The number of hydrogen-bond donors (Lipinski definition) is 2. The number of ether oxygens (including phenoxy) is 1. The first-order chi connectivity index (χ1) is 7.72.